The lowest BCUT2D eigenvalue weighted by Gasteiger charge is -2.30. The number of rotatable bonds is 8. The van der Waals surface area contributed by atoms with Crippen LogP contribution in [0.15, 0.2) is 64.9 Å². The second-order valence-corrected chi connectivity index (χ2v) is 12.2. The molecule has 180 valence electrons. The lowest BCUT2D eigenvalue weighted by molar-refractivity contribution is 0.0675. The topological polar surface area (TPSA) is 57.7 Å². The van der Waals surface area contributed by atoms with Gasteiger partial charge in [0.1, 0.15) is 4.90 Å². The third-order valence-corrected chi connectivity index (χ3v) is 9.53. The number of thiophene rings is 1. The van der Waals surface area contributed by atoms with E-state index in [0.29, 0.717) is 36.6 Å². The van der Waals surface area contributed by atoms with Crippen LogP contribution in [-0.4, -0.2) is 42.7 Å². The first-order chi connectivity index (χ1) is 16.3. The third-order valence-electron chi connectivity index (χ3n) is 6.00. The van der Waals surface area contributed by atoms with Crippen molar-refractivity contribution in [3.63, 3.8) is 0 Å². The van der Waals surface area contributed by atoms with E-state index >= 15 is 0 Å². The molecule has 1 saturated heterocycles. The van der Waals surface area contributed by atoms with Crippen LogP contribution < -0.4 is 0 Å². The number of nitrogens with zero attached hydrogens (tertiary/aromatic N) is 2. The predicted octanol–water partition coefficient (Wildman–Crippen LogP) is 6.11. The van der Waals surface area contributed by atoms with Crippen LogP contribution in [0.1, 0.15) is 40.6 Å². The zero-order chi connectivity index (χ0) is 24.3. The van der Waals surface area contributed by atoms with Gasteiger partial charge >= 0.3 is 0 Å². The standard InChI is InChI=1S/C25H26Cl2N2O3S2/c1-18(15-22-5-4-14-33-22)29(17-19-6-9-21(26)10-7-19)25(30)20-8-11-23(27)24(16-20)34(31,32)28-12-2-3-13-28/h4-11,14,16,18H,2-3,12-13,15,17H2,1H3/t18-/m0/s1. The fourth-order valence-electron chi connectivity index (χ4n) is 4.11. The summed E-state index contributed by atoms with van der Waals surface area (Å²) in [6.07, 6.45) is 2.35. The highest BCUT2D eigenvalue weighted by Gasteiger charge is 2.31. The summed E-state index contributed by atoms with van der Waals surface area (Å²) in [5.41, 5.74) is 1.24. The molecule has 2 heterocycles. The fraction of sp³-hybridized carbons (Fsp3) is 0.320. The summed E-state index contributed by atoms with van der Waals surface area (Å²) in [7, 11) is -3.76. The Bertz CT molecular complexity index is 1240. The highest BCUT2D eigenvalue weighted by Crippen LogP contribution is 2.29. The summed E-state index contributed by atoms with van der Waals surface area (Å²) in [5.74, 6) is -0.242. The Labute approximate surface area is 215 Å². The number of hydrogen-bond acceptors (Lipinski definition) is 4. The van der Waals surface area contributed by atoms with Crippen molar-refractivity contribution in [3.8, 4) is 0 Å². The minimum absolute atomic E-state index is 0.0146. The minimum Gasteiger partial charge on any atom is -0.331 e. The van der Waals surface area contributed by atoms with Crippen LogP contribution in [0.3, 0.4) is 0 Å². The van der Waals surface area contributed by atoms with E-state index in [1.165, 1.54) is 21.3 Å². The van der Waals surface area contributed by atoms with Crippen LogP contribution in [0.5, 0.6) is 0 Å². The first-order valence-corrected chi connectivity index (χ1v) is 14.2. The van der Waals surface area contributed by atoms with Gasteiger partial charge < -0.3 is 4.90 Å². The van der Waals surface area contributed by atoms with Crippen molar-refractivity contribution < 1.29 is 13.2 Å². The summed E-state index contributed by atoms with van der Waals surface area (Å²) in [6, 6.07) is 15.8. The SMILES string of the molecule is C[C@@H](Cc1cccs1)N(Cc1ccc(Cl)cc1)C(=O)c1ccc(Cl)c(S(=O)(=O)N2CCCC2)c1. The van der Waals surface area contributed by atoms with Gasteiger partial charge in [-0.3, -0.25) is 4.79 Å². The third kappa shape index (κ3) is 5.66. The molecule has 1 atom stereocenters. The molecule has 0 radical (unpaired) electrons. The van der Waals surface area contributed by atoms with Gasteiger partial charge in [-0.1, -0.05) is 41.4 Å². The molecule has 4 rings (SSSR count). The van der Waals surface area contributed by atoms with Crippen molar-refractivity contribution in [1.29, 1.82) is 0 Å². The molecule has 5 nitrogen and oxygen atoms in total. The van der Waals surface area contributed by atoms with E-state index in [-0.39, 0.29) is 21.9 Å². The Morgan fingerprint density at radius 2 is 1.79 bits per heavy atom. The molecule has 1 aliphatic heterocycles. The average molecular weight is 538 g/mol. The highest BCUT2D eigenvalue weighted by molar-refractivity contribution is 7.89. The molecule has 1 aliphatic rings. The van der Waals surface area contributed by atoms with Crippen LogP contribution in [0.2, 0.25) is 10.0 Å². The number of benzene rings is 2. The largest absolute Gasteiger partial charge is 0.331 e. The zero-order valence-corrected chi connectivity index (χ0v) is 21.9. The number of sulfonamides is 1. The van der Waals surface area contributed by atoms with E-state index in [0.717, 1.165) is 18.4 Å². The van der Waals surface area contributed by atoms with Crippen molar-refractivity contribution in [1.82, 2.24) is 9.21 Å². The molecule has 1 fully saturated rings. The van der Waals surface area contributed by atoms with Gasteiger partial charge in [0.25, 0.3) is 5.91 Å². The second kappa shape index (κ2) is 10.8. The second-order valence-electron chi connectivity index (χ2n) is 8.45. The maximum Gasteiger partial charge on any atom is 0.254 e. The summed E-state index contributed by atoms with van der Waals surface area (Å²) in [5, 5.41) is 2.77. The predicted molar refractivity (Wildman–Crippen MR) is 138 cm³/mol. The Kier molecular flexibility index (Phi) is 8.00. The summed E-state index contributed by atoms with van der Waals surface area (Å²) < 4.78 is 27.8. The highest BCUT2D eigenvalue weighted by atomic mass is 35.5. The van der Waals surface area contributed by atoms with Crippen LogP contribution in [0.4, 0.5) is 0 Å². The van der Waals surface area contributed by atoms with Gasteiger partial charge in [-0.15, -0.1) is 11.3 Å². The van der Waals surface area contributed by atoms with Crippen molar-refractivity contribution in [2.24, 2.45) is 0 Å². The van der Waals surface area contributed by atoms with E-state index in [9.17, 15) is 13.2 Å². The number of hydrogen-bond donors (Lipinski definition) is 0. The molecule has 0 spiro atoms. The molecule has 9 heteroatoms. The smallest absolute Gasteiger partial charge is 0.254 e. The Morgan fingerprint density at radius 1 is 1.09 bits per heavy atom. The molecule has 3 aromatic rings. The van der Waals surface area contributed by atoms with Crippen molar-refractivity contribution in [3.05, 3.63) is 86.0 Å². The van der Waals surface area contributed by atoms with Crippen molar-refractivity contribution in [2.45, 2.75) is 43.7 Å². The minimum atomic E-state index is -3.76. The molecular weight excluding hydrogens is 511 g/mol. The van der Waals surface area contributed by atoms with Gasteiger partial charge in [-0.05, 0) is 67.1 Å². The molecule has 1 amide bonds. The number of amides is 1. The normalized spacial score (nSPS) is 15.4. The van der Waals surface area contributed by atoms with Crippen LogP contribution >= 0.6 is 34.5 Å². The molecule has 34 heavy (non-hydrogen) atoms. The van der Waals surface area contributed by atoms with Gasteiger partial charge in [-0.2, -0.15) is 4.31 Å². The number of carbonyl (C=O) groups is 1. The molecule has 0 bridgehead atoms. The van der Waals surface area contributed by atoms with Gasteiger partial charge in [-0.25, -0.2) is 8.42 Å². The van der Waals surface area contributed by atoms with E-state index in [2.05, 4.69) is 6.07 Å². The maximum absolute atomic E-state index is 13.7. The number of halogens is 2. The van der Waals surface area contributed by atoms with Crippen LogP contribution in [-0.2, 0) is 23.0 Å². The summed E-state index contributed by atoms with van der Waals surface area (Å²) in [4.78, 5) is 16.7. The molecule has 0 N–H and O–H groups in total. The first kappa shape index (κ1) is 25.2. The quantitative estimate of drug-likeness (QED) is 0.348. The molecule has 0 saturated carbocycles. The molecule has 0 unspecified atom stereocenters. The fourth-order valence-corrected chi connectivity index (χ4v) is 7.08. The van der Waals surface area contributed by atoms with Gasteiger partial charge in [0.15, 0.2) is 0 Å². The Morgan fingerprint density at radius 3 is 2.44 bits per heavy atom. The van der Waals surface area contributed by atoms with Gasteiger partial charge in [0.2, 0.25) is 10.0 Å². The van der Waals surface area contributed by atoms with E-state index in [1.807, 2.05) is 30.5 Å². The number of carbonyl (C=O) groups excluding carboxylic acids is 1. The Balaban J connectivity index is 1.66. The monoisotopic (exact) mass is 536 g/mol. The molecule has 1 aromatic heterocycles. The van der Waals surface area contributed by atoms with Crippen LogP contribution in [0, 0.1) is 0 Å². The molecule has 0 aliphatic carbocycles. The zero-order valence-electron chi connectivity index (χ0n) is 18.8. The summed E-state index contributed by atoms with van der Waals surface area (Å²) >= 11 is 14.0. The first-order valence-electron chi connectivity index (χ1n) is 11.1. The van der Waals surface area contributed by atoms with Gasteiger partial charge in [0.05, 0.1) is 5.02 Å². The van der Waals surface area contributed by atoms with E-state index in [4.69, 9.17) is 23.2 Å². The van der Waals surface area contributed by atoms with E-state index in [1.54, 1.807) is 34.4 Å². The molecule has 2 aromatic carbocycles. The van der Waals surface area contributed by atoms with E-state index < -0.39 is 10.0 Å². The average Bonchev–Trinajstić information content (AvgIpc) is 3.53. The lowest BCUT2D eigenvalue weighted by atomic mass is 10.1. The lowest BCUT2D eigenvalue weighted by Crippen LogP contribution is -2.39. The van der Waals surface area contributed by atoms with Crippen molar-refractivity contribution >= 4 is 50.5 Å². The van der Waals surface area contributed by atoms with Crippen molar-refractivity contribution in [2.75, 3.05) is 13.1 Å². The molecular formula is C25H26Cl2N2O3S2. The Hall–Kier alpha value is -1.90. The van der Waals surface area contributed by atoms with Gasteiger partial charge in [0, 0.05) is 47.6 Å². The summed E-state index contributed by atoms with van der Waals surface area (Å²) in [6.45, 7) is 3.32. The maximum atomic E-state index is 13.7. The van der Waals surface area contributed by atoms with Crippen LogP contribution in [0.25, 0.3) is 0 Å².